The number of aromatic nitrogens is 2. The van der Waals surface area contributed by atoms with Gasteiger partial charge in [0.1, 0.15) is 5.75 Å². The fraction of sp³-hybridized carbons (Fsp3) is 0.115. The lowest BCUT2D eigenvalue weighted by Crippen LogP contribution is -2.21. The summed E-state index contributed by atoms with van der Waals surface area (Å²) in [7, 11) is 1.57. The molecule has 2 N–H and O–H groups in total. The molecule has 4 rings (SSSR count). The van der Waals surface area contributed by atoms with Crippen molar-refractivity contribution < 1.29 is 22.7 Å². The number of hydrogen-bond acceptors (Lipinski definition) is 4. The highest BCUT2D eigenvalue weighted by atomic mass is 19.4. The van der Waals surface area contributed by atoms with Crippen LogP contribution in [0.5, 0.6) is 5.75 Å². The highest BCUT2D eigenvalue weighted by Gasteiger charge is 2.30. The summed E-state index contributed by atoms with van der Waals surface area (Å²) in [5.41, 5.74) is 2.90. The van der Waals surface area contributed by atoms with E-state index in [-0.39, 0.29) is 11.6 Å². The Morgan fingerprint density at radius 3 is 2.00 bits per heavy atom. The predicted molar refractivity (Wildman–Crippen MR) is 128 cm³/mol. The summed E-state index contributed by atoms with van der Waals surface area (Å²) < 4.78 is 44.1. The normalized spacial score (nSPS) is 11.1. The van der Waals surface area contributed by atoms with Crippen LogP contribution in [-0.4, -0.2) is 23.1 Å². The van der Waals surface area contributed by atoms with Gasteiger partial charge in [-0.1, -0.05) is 35.9 Å². The Bertz CT molecular complexity index is 1340. The number of halogens is 3. The van der Waals surface area contributed by atoms with Gasteiger partial charge < -0.3 is 10.1 Å². The van der Waals surface area contributed by atoms with Crippen LogP contribution >= 0.6 is 0 Å². The number of amides is 2. The maximum absolute atomic E-state index is 13.0. The van der Waals surface area contributed by atoms with Gasteiger partial charge in [0.2, 0.25) is 5.95 Å². The molecule has 0 aliphatic carbocycles. The molecular formula is C26H21F3N4O2. The summed E-state index contributed by atoms with van der Waals surface area (Å²) in [5, 5.41) is 4.92. The first-order valence-corrected chi connectivity index (χ1v) is 10.6. The van der Waals surface area contributed by atoms with E-state index in [4.69, 9.17) is 4.74 Å². The summed E-state index contributed by atoms with van der Waals surface area (Å²) in [5.74, 6) is 0.679. The lowest BCUT2D eigenvalue weighted by molar-refractivity contribution is -0.137. The number of ether oxygens (including phenoxy) is 1. The SMILES string of the molecule is COc1ccc(-c2cc(-c3ccc(C)cc3)nc(NC(=O)Nc3cccc(C(F)(F)F)c3)n2)cc1. The molecule has 1 aromatic heterocycles. The summed E-state index contributed by atoms with van der Waals surface area (Å²) in [6.45, 7) is 1.97. The highest BCUT2D eigenvalue weighted by molar-refractivity contribution is 5.99. The third-order valence-corrected chi connectivity index (χ3v) is 5.13. The lowest BCUT2D eigenvalue weighted by atomic mass is 10.1. The van der Waals surface area contributed by atoms with Crippen molar-refractivity contribution >= 4 is 17.7 Å². The molecule has 6 nitrogen and oxygen atoms in total. The molecule has 0 radical (unpaired) electrons. The number of urea groups is 1. The minimum atomic E-state index is -4.52. The Hall–Kier alpha value is -4.40. The van der Waals surface area contributed by atoms with Crippen LogP contribution in [0.1, 0.15) is 11.1 Å². The highest BCUT2D eigenvalue weighted by Crippen LogP contribution is 2.31. The van der Waals surface area contributed by atoms with Gasteiger partial charge in [-0.3, -0.25) is 5.32 Å². The second-order valence-electron chi connectivity index (χ2n) is 7.71. The van der Waals surface area contributed by atoms with E-state index in [1.165, 1.54) is 12.1 Å². The second kappa shape index (κ2) is 9.84. The third kappa shape index (κ3) is 5.94. The van der Waals surface area contributed by atoms with E-state index >= 15 is 0 Å². The van der Waals surface area contributed by atoms with Crippen LogP contribution in [-0.2, 0) is 6.18 Å². The molecule has 3 aromatic carbocycles. The van der Waals surface area contributed by atoms with E-state index in [1.54, 1.807) is 25.3 Å². The van der Waals surface area contributed by atoms with Crippen molar-refractivity contribution in [1.82, 2.24) is 9.97 Å². The van der Waals surface area contributed by atoms with E-state index in [1.807, 2.05) is 43.3 Å². The van der Waals surface area contributed by atoms with Crippen LogP contribution in [0.25, 0.3) is 22.5 Å². The number of aryl methyl sites for hydroxylation is 1. The van der Waals surface area contributed by atoms with Gasteiger partial charge in [0.25, 0.3) is 0 Å². The smallest absolute Gasteiger partial charge is 0.416 e. The number of anilines is 2. The van der Waals surface area contributed by atoms with Crippen molar-refractivity contribution in [3.05, 3.63) is 90.0 Å². The van der Waals surface area contributed by atoms with Gasteiger partial charge in [0, 0.05) is 16.8 Å². The number of methoxy groups -OCH3 is 1. The number of alkyl halides is 3. The molecule has 0 fully saturated rings. The monoisotopic (exact) mass is 478 g/mol. The molecule has 0 bridgehead atoms. The molecule has 0 spiro atoms. The zero-order valence-electron chi connectivity index (χ0n) is 18.9. The van der Waals surface area contributed by atoms with Crippen molar-refractivity contribution in [2.75, 3.05) is 17.7 Å². The van der Waals surface area contributed by atoms with Crippen molar-refractivity contribution in [3.8, 4) is 28.3 Å². The number of carbonyl (C=O) groups excluding carboxylic acids is 1. The molecule has 0 atom stereocenters. The molecular weight excluding hydrogens is 457 g/mol. The zero-order valence-corrected chi connectivity index (χ0v) is 18.9. The molecule has 178 valence electrons. The van der Waals surface area contributed by atoms with Crippen LogP contribution in [0.15, 0.2) is 78.9 Å². The lowest BCUT2D eigenvalue weighted by Gasteiger charge is -2.12. The van der Waals surface area contributed by atoms with E-state index in [2.05, 4.69) is 20.6 Å². The topological polar surface area (TPSA) is 76.1 Å². The zero-order chi connectivity index (χ0) is 25.0. The standard InChI is InChI=1S/C26H21F3N4O2/c1-16-6-8-17(9-7-16)22-15-23(18-10-12-21(35-2)13-11-18)32-24(31-22)33-25(34)30-20-5-3-4-19(14-20)26(27,28)29/h3-15H,1-2H3,(H2,30,31,32,33,34). The summed E-state index contributed by atoms with van der Waals surface area (Å²) in [4.78, 5) is 21.4. The molecule has 0 saturated carbocycles. The molecule has 1 heterocycles. The van der Waals surface area contributed by atoms with Gasteiger partial charge in [0.05, 0.1) is 24.1 Å². The van der Waals surface area contributed by atoms with Crippen molar-refractivity contribution in [2.45, 2.75) is 13.1 Å². The first kappa shape index (κ1) is 23.7. The molecule has 0 aliphatic heterocycles. The van der Waals surface area contributed by atoms with E-state index < -0.39 is 17.8 Å². The number of benzene rings is 3. The number of hydrogen-bond donors (Lipinski definition) is 2. The molecule has 9 heteroatoms. The minimum absolute atomic E-state index is 0.00151. The van der Waals surface area contributed by atoms with Crippen LogP contribution in [0.2, 0.25) is 0 Å². The maximum atomic E-state index is 13.0. The molecule has 0 aliphatic rings. The van der Waals surface area contributed by atoms with Crippen molar-refractivity contribution in [3.63, 3.8) is 0 Å². The van der Waals surface area contributed by atoms with E-state index in [0.717, 1.165) is 28.8 Å². The van der Waals surface area contributed by atoms with Gasteiger partial charge in [-0.05, 0) is 55.5 Å². The average Bonchev–Trinajstić information content (AvgIpc) is 2.84. The Labute approximate surface area is 199 Å². The second-order valence-corrected chi connectivity index (χ2v) is 7.71. The van der Waals surface area contributed by atoms with Crippen molar-refractivity contribution in [2.24, 2.45) is 0 Å². The predicted octanol–water partition coefficient (Wildman–Crippen LogP) is 6.79. The molecule has 4 aromatic rings. The van der Waals surface area contributed by atoms with Gasteiger partial charge in [-0.25, -0.2) is 14.8 Å². The largest absolute Gasteiger partial charge is 0.497 e. The Kier molecular flexibility index (Phi) is 6.68. The van der Waals surface area contributed by atoms with E-state index in [9.17, 15) is 18.0 Å². The van der Waals surface area contributed by atoms with Gasteiger partial charge in [0.15, 0.2) is 0 Å². The minimum Gasteiger partial charge on any atom is -0.497 e. The summed E-state index contributed by atoms with van der Waals surface area (Å²) in [6.07, 6.45) is -4.52. The third-order valence-electron chi connectivity index (χ3n) is 5.13. The first-order valence-electron chi connectivity index (χ1n) is 10.6. The number of nitrogens with zero attached hydrogens (tertiary/aromatic N) is 2. The fourth-order valence-corrected chi connectivity index (χ4v) is 3.32. The molecule has 35 heavy (non-hydrogen) atoms. The van der Waals surface area contributed by atoms with Gasteiger partial charge in [-0.2, -0.15) is 13.2 Å². The van der Waals surface area contributed by atoms with Crippen LogP contribution in [0.4, 0.5) is 29.6 Å². The van der Waals surface area contributed by atoms with E-state index in [0.29, 0.717) is 17.1 Å². The Balaban J connectivity index is 1.64. The first-order chi connectivity index (χ1) is 16.7. The number of carbonyl (C=O) groups is 1. The van der Waals surface area contributed by atoms with Crippen LogP contribution in [0.3, 0.4) is 0 Å². The summed E-state index contributed by atoms with van der Waals surface area (Å²) >= 11 is 0. The quantitative estimate of drug-likeness (QED) is 0.331. The maximum Gasteiger partial charge on any atom is 0.416 e. The number of nitrogens with one attached hydrogen (secondary N) is 2. The Morgan fingerprint density at radius 1 is 0.829 bits per heavy atom. The Morgan fingerprint density at radius 2 is 1.43 bits per heavy atom. The molecule has 0 unspecified atom stereocenters. The summed E-state index contributed by atoms with van der Waals surface area (Å²) in [6, 6.07) is 20.3. The van der Waals surface area contributed by atoms with Gasteiger partial charge in [-0.15, -0.1) is 0 Å². The van der Waals surface area contributed by atoms with Crippen LogP contribution < -0.4 is 15.4 Å². The number of rotatable bonds is 5. The van der Waals surface area contributed by atoms with Crippen molar-refractivity contribution in [1.29, 1.82) is 0 Å². The molecule has 2 amide bonds. The molecule has 0 saturated heterocycles. The average molecular weight is 478 g/mol. The van der Waals surface area contributed by atoms with Gasteiger partial charge >= 0.3 is 12.2 Å². The fourth-order valence-electron chi connectivity index (χ4n) is 3.32. The van der Waals surface area contributed by atoms with Crippen LogP contribution in [0, 0.1) is 6.92 Å².